The van der Waals surface area contributed by atoms with E-state index < -0.39 is 5.82 Å². The number of urea groups is 1. The molecule has 9 nitrogen and oxygen atoms in total. The van der Waals surface area contributed by atoms with Crippen LogP contribution in [0.3, 0.4) is 0 Å². The monoisotopic (exact) mass is 452 g/mol. The number of pyridine rings is 2. The van der Waals surface area contributed by atoms with Gasteiger partial charge >= 0.3 is 6.03 Å². The lowest BCUT2D eigenvalue weighted by Gasteiger charge is -2.34. The van der Waals surface area contributed by atoms with Gasteiger partial charge in [0.1, 0.15) is 18.1 Å². The largest absolute Gasteiger partial charge is 0.474 e. The highest BCUT2D eigenvalue weighted by molar-refractivity contribution is 6.00. The summed E-state index contributed by atoms with van der Waals surface area (Å²) < 4.78 is 26.1. The van der Waals surface area contributed by atoms with Crippen molar-refractivity contribution >= 4 is 34.0 Å². The molecule has 1 fully saturated rings. The van der Waals surface area contributed by atoms with Gasteiger partial charge in [0.05, 0.1) is 11.8 Å². The molecule has 1 aliphatic carbocycles. The van der Waals surface area contributed by atoms with Gasteiger partial charge in [-0.1, -0.05) is 0 Å². The van der Waals surface area contributed by atoms with Crippen LogP contribution < -0.4 is 26.4 Å². The first kappa shape index (κ1) is 21.2. The van der Waals surface area contributed by atoms with Gasteiger partial charge in [0.2, 0.25) is 5.88 Å². The lowest BCUT2D eigenvalue weighted by molar-refractivity contribution is 0.0210. The number of nitrogen functional groups attached to an aromatic ring is 1. The number of benzene rings is 1. The summed E-state index contributed by atoms with van der Waals surface area (Å²) in [5.41, 5.74) is 8.62. The summed E-state index contributed by atoms with van der Waals surface area (Å²) >= 11 is 0. The number of nitrogens with zero attached hydrogens (tertiary/aromatic N) is 2. The third-order valence-electron chi connectivity index (χ3n) is 6.24. The second kappa shape index (κ2) is 8.36. The van der Waals surface area contributed by atoms with Crippen molar-refractivity contribution in [3.8, 4) is 17.0 Å². The van der Waals surface area contributed by atoms with E-state index in [1.165, 1.54) is 6.20 Å². The molecule has 172 valence electrons. The number of hydrogen-bond acceptors (Lipinski definition) is 7. The zero-order chi connectivity index (χ0) is 23.1. The van der Waals surface area contributed by atoms with E-state index in [9.17, 15) is 4.79 Å². The molecule has 0 unspecified atom stereocenters. The second-order valence-electron chi connectivity index (χ2n) is 8.32. The molecule has 10 heteroatoms. The summed E-state index contributed by atoms with van der Waals surface area (Å²) in [6.07, 6.45) is 4.80. The Morgan fingerprint density at radius 1 is 1.27 bits per heavy atom. The average molecular weight is 452 g/mol. The zero-order valence-corrected chi connectivity index (χ0v) is 18.4. The van der Waals surface area contributed by atoms with E-state index in [1.807, 2.05) is 6.92 Å². The van der Waals surface area contributed by atoms with Gasteiger partial charge in [-0.25, -0.2) is 19.2 Å². The van der Waals surface area contributed by atoms with Crippen LogP contribution >= 0.6 is 0 Å². The van der Waals surface area contributed by atoms with E-state index in [4.69, 9.17) is 15.2 Å². The standard InChI is InChI=1S/C23H25FN6O3/c1-11-16(9-28-22-21(11)26-3-4-33-22)15-5-12-6-18(27-10-17(12)20(25)19(15)24)30-23(31)29-13-7-14(8-13)32-2/h5-6,9-10,13-14,26H,3-4,7-8,25H2,1-2H3,(H2,27,29,30,31). The quantitative estimate of drug-likeness (QED) is 0.447. The summed E-state index contributed by atoms with van der Waals surface area (Å²) in [6, 6.07) is 3.09. The van der Waals surface area contributed by atoms with E-state index in [0.29, 0.717) is 46.7 Å². The van der Waals surface area contributed by atoms with Crippen molar-refractivity contribution in [1.29, 1.82) is 0 Å². The van der Waals surface area contributed by atoms with Crippen molar-refractivity contribution in [1.82, 2.24) is 15.3 Å². The Hall–Kier alpha value is -3.66. The Balaban J connectivity index is 1.45. The number of aromatic nitrogens is 2. The topological polar surface area (TPSA) is 123 Å². The molecule has 3 aromatic rings. The number of halogens is 1. The molecular formula is C23H25FN6O3. The Bertz CT molecular complexity index is 1240. The van der Waals surface area contributed by atoms with Gasteiger partial charge in [0, 0.05) is 48.6 Å². The first-order valence-corrected chi connectivity index (χ1v) is 10.8. The fourth-order valence-electron chi connectivity index (χ4n) is 4.27. The minimum Gasteiger partial charge on any atom is -0.474 e. The molecule has 3 heterocycles. The molecule has 5 N–H and O–H groups in total. The summed E-state index contributed by atoms with van der Waals surface area (Å²) in [4.78, 5) is 20.9. The maximum atomic E-state index is 15.3. The van der Waals surface area contributed by atoms with Crippen LogP contribution in [0.5, 0.6) is 5.88 Å². The Morgan fingerprint density at radius 2 is 2.09 bits per heavy atom. The smallest absolute Gasteiger partial charge is 0.320 e. The molecule has 0 radical (unpaired) electrons. The number of anilines is 3. The molecule has 1 aliphatic heterocycles. The van der Waals surface area contributed by atoms with Crippen LogP contribution in [0.15, 0.2) is 24.5 Å². The molecule has 2 aliphatic rings. The molecule has 1 aromatic carbocycles. The minimum absolute atomic E-state index is 0.00703. The van der Waals surface area contributed by atoms with Gasteiger partial charge in [-0.2, -0.15) is 0 Å². The number of fused-ring (bicyclic) bond motifs is 2. The number of nitrogens with two attached hydrogens (primary N) is 1. The van der Waals surface area contributed by atoms with Crippen LogP contribution in [-0.2, 0) is 4.74 Å². The zero-order valence-electron chi connectivity index (χ0n) is 18.4. The van der Waals surface area contributed by atoms with Gasteiger partial charge in [0.25, 0.3) is 0 Å². The molecule has 0 bridgehead atoms. The second-order valence-corrected chi connectivity index (χ2v) is 8.32. The molecule has 2 aromatic heterocycles. The molecule has 33 heavy (non-hydrogen) atoms. The van der Waals surface area contributed by atoms with Crippen molar-refractivity contribution in [2.75, 3.05) is 36.6 Å². The number of rotatable bonds is 4. The fourth-order valence-corrected chi connectivity index (χ4v) is 4.27. The predicted molar refractivity (Wildman–Crippen MR) is 124 cm³/mol. The maximum absolute atomic E-state index is 15.3. The summed E-state index contributed by atoms with van der Waals surface area (Å²) in [6.45, 7) is 3.06. The van der Waals surface area contributed by atoms with Crippen molar-refractivity contribution in [3.05, 3.63) is 35.9 Å². The normalized spacial score (nSPS) is 19.1. The van der Waals surface area contributed by atoms with Gasteiger partial charge in [-0.05, 0) is 42.8 Å². The SMILES string of the molecule is COC1CC(NC(=O)Nc2cc3cc(-c4cnc5c(c4C)NCCO5)c(F)c(N)c3cn2)C1. The molecular weight excluding hydrogens is 427 g/mol. The molecule has 2 amide bonds. The van der Waals surface area contributed by atoms with E-state index >= 15 is 4.39 Å². The van der Waals surface area contributed by atoms with Gasteiger partial charge in [-0.15, -0.1) is 0 Å². The van der Waals surface area contributed by atoms with Gasteiger partial charge in [0.15, 0.2) is 5.82 Å². The highest BCUT2D eigenvalue weighted by Crippen LogP contribution is 2.39. The highest BCUT2D eigenvalue weighted by atomic mass is 19.1. The number of nitrogens with one attached hydrogen (secondary N) is 3. The first-order chi connectivity index (χ1) is 15.9. The Labute approximate surface area is 189 Å². The van der Waals surface area contributed by atoms with Gasteiger partial charge < -0.3 is 25.8 Å². The Morgan fingerprint density at radius 3 is 2.88 bits per heavy atom. The summed E-state index contributed by atoms with van der Waals surface area (Å²) in [7, 11) is 1.66. The maximum Gasteiger partial charge on any atom is 0.320 e. The van der Waals surface area contributed by atoms with E-state index in [-0.39, 0.29) is 23.9 Å². The van der Waals surface area contributed by atoms with E-state index in [1.54, 1.807) is 25.4 Å². The number of carbonyl (C=O) groups is 1. The van der Waals surface area contributed by atoms with Crippen molar-refractivity contribution in [2.45, 2.75) is 31.9 Å². The molecule has 0 atom stereocenters. The highest BCUT2D eigenvalue weighted by Gasteiger charge is 2.30. The molecule has 5 rings (SSSR count). The summed E-state index contributed by atoms with van der Waals surface area (Å²) in [5, 5.41) is 10.0. The van der Waals surface area contributed by atoms with Crippen LogP contribution in [0.25, 0.3) is 21.9 Å². The summed E-state index contributed by atoms with van der Waals surface area (Å²) in [5.74, 6) is 0.304. The molecule has 1 saturated carbocycles. The van der Waals surface area contributed by atoms with E-state index in [2.05, 4.69) is 25.9 Å². The third kappa shape index (κ3) is 3.86. The van der Waals surface area contributed by atoms with E-state index in [0.717, 1.165) is 24.1 Å². The fraction of sp³-hybridized carbons (Fsp3) is 0.348. The number of amides is 2. The van der Waals surface area contributed by atoms with Gasteiger partial charge in [-0.3, -0.25) is 5.32 Å². The number of hydrogen-bond donors (Lipinski definition) is 4. The number of carbonyl (C=O) groups excluding carboxylic acids is 1. The lowest BCUT2D eigenvalue weighted by atomic mass is 9.89. The van der Waals surface area contributed by atoms with Crippen LogP contribution in [0, 0.1) is 12.7 Å². The van der Waals surface area contributed by atoms with Crippen LogP contribution in [0.2, 0.25) is 0 Å². The minimum atomic E-state index is -0.540. The molecule has 0 saturated heterocycles. The average Bonchev–Trinajstić information content (AvgIpc) is 2.79. The molecule has 0 spiro atoms. The number of ether oxygens (including phenoxy) is 2. The van der Waals surface area contributed by atoms with Crippen LogP contribution in [-0.4, -0.2) is 48.4 Å². The lowest BCUT2D eigenvalue weighted by Crippen LogP contribution is -2.48. The van der Waals surface area contributed by atoms with Crippen LogP contribution in [0.4, 0.5) is 26.4 Å². The number of methoxy groups -OCH3 is 1. The third-order valence-corrected chi connectivity index (χ3v) is 6.24. The van der Waals surface area contributed by atoms with Crippen molar-refractivity contribution in [2.24, 2.45) is 0 Å². The van der Waals surface area contributed by atoms with Crippen molar-refractivity contribution in [3.63, 3.8) is 0 Å². The first-order valence-electron chi connectivity index (χ1n) is 10.8. The Kier molecular flexibility index (Phi) is 5.37. The van der Waals surface area contributed by atoms with Crippen LogP contribution in [0.1, 0.15) is 18.4 Å². The predicted octanol–water partition coefficient (Wildman–Crippen LogP) is 3.43. The van der Waals surface area contributed by atoms with Crippen molar-refractivity contribution < 1.29 is 18.7 Å².